The molecular formula is C18H27IN4S. The molecule has 0 aliphatic carbocycles. The van der Waals surface area contributed by atoms with E-state index in [2.05, 4.69) is 56.8 Å². The number of aliphatic imine (C=N–C) groups is 1. The van der Waals surface area contributed by atoms with Gasteiger partial charge < -0.3 is 16.0 Å². The zero-order valence-corrected chi connectivity index (χ0v) is 17.4. The van der Waals surface area contributed by atoms with E-state index < -0.39 is 0 Å². The fourth-order valence-corrected chi connectivity index (χ4v) is 3.01. The van der Waals surface area contributed by atoms with Crippen molar-refractivity contribution < 1.29 is 0 Å². The van der Waals surface area contributed by atoms with Gasteiger partial charge >= 0.3 is 0 Å². The van der Waals surface area contributed by atoms with Crippen LogP contribution in [-0.4, -0.2) is 32.6 Å². The number of halogens is 1. The molecule has 0 saturated carbocycles. The van der Waals surface area contributed by atoms with Gasteiger partial charge in [-0.1, -0.05) is 25.1 Å². The fraction of sp³-hybridized carbons (Fsp3) is 0.389. The molecule has 1 aromatic heterocycles. The van der Waals surface area contributed by atoms with Crippen molar-refractivity contribution in [1.29, 1.82) is 0 Å². The highest BCUT2D eigenvalue weighted by atomic mass is 127. The van der Waals surface area contributed by atoms with Crippen molar-refractivity contribution in [2.45, 2.75) is 19.3 Å². The molecule has 2 aromatic rings. The van der Waals surface area contributed by atoms with E-state index in [1.165, 1.54) is 11.3 Å². The SMILES string of the molecule is CN=C(NCCCNc1ccccc1)NCC(C)c1ccsc1.I. The Labute approximate surface area is 166 Å². The van der Waals surface area contributed by atoms with Crippen LogP contribution >= 0.6 is 35.3 Å². The molecule has 132 valence electrons. The second-order valence-electron chi connectivity index (χ2n) is 5.48. The van der Waals surface area contributed by atoms with Crippen molar-refractivity contribution >= 4 is 47.0 Å². The molecular weight excluding hydrogens is 431 g/mol. The number of anilines is 1. The number of benzene rings is 1. The zero-order chi connectivity index (χ0) is 16.3. The highest BCUT2D eigenvalue weighted by molar-refractivity contribution is 14.0. The molecule has 0 aliphatic rings. The highest BCUT2D eigenvalue weighted by Crippen LogP contribution is 2.16. The van der Waals surface area contributed by atoms with E-state index in [0.29, 0.717) is 5.92 Å². The summed E-state index contributed by atoms with van der Waals surface area (Å²) in [6.45, 7) is 4.95. The minimum Gasteiger partial charge on any atom is -0.385 e. The normalized spacial score (nSPS) is 12.2. The van der Waals surface area contributed by atoms with Gasteiger partial charge in [-0.25, -0.2) is 0 Å². The molecule has 0 saturated heterocycles. The van der Waals surface area contributed by atoms with Gasteiger partial charge in [-0.2, -0.15) is 11.3 Å². The van der Waals surface area contributed by atoms with E-state index in [-0.39, 0.29) is 24.0 Å². The Morgan fingerprint density at radius 3 is 2.58 bits per heavy atom. The van der Waals surface area contributed by atoms with Crippen LogP contribution in [0.4, 0.5) is 5.69 Å². The predicted octanol–water partition coefficient (Wildman–Crippen LogP) is 4.14. The first kappa shape index (κ1) is 20.8. The Morgan fingerprint density at radius 2 is 1.92 bits per heavy atom. The van der Waals surface area contributed by atoms with E-state index in [1.54, 1.807) is 11.3 Å². The average Bonchev–Trinajstić information content (AvgIpc) is 3.12. The summed E-state index contributed by atoms with van der Waals surface area (Å²) < 4.78 is 0. The van der Waals surface area contributed by atoms with Crippen LogP contribution in [0.5, 0.6) is 0 Å². The number of rotatable bonds is 8. The summed E-state index contributed by atoms with van der Waals surface area (Å²) in [7, 11) is 1.81. The summed E-state index contributed by atoms with van der Waals surface area (Å²) >= 11 is 1.74. The standard InChI is InChI=1S/C18H26N4S.HI/c1-15(16-9-12-23-14-16)13-22-18(19-2)21-11-6-10-20-17-7-4-3-5-8-17;/h3-5,7-9,12,14-15,20H,6,10-11,13H2,1-2H3,(H2,19,21,22);1H. The Morgan fingerprint density at radius 1 is 1.12 bits per heavy atom. The van der Waals surface area contributed by atoms with Gasteiger partial charge in [-0.15, -0.1) is 24.0 Å². The monoisotopic (exact) mass is 458 g/mol. The summed E-state index contributed by atoms with van der Waals surface area (Å²) in [6, 6.07) is 12.5. The first-order valence-electron chi connectivity index (χ1n) is 8.05. The Kier molecular flexibility index (Phi) is 10.5. The number of nitrogens with zero attached hydrogens (tertiary/aromatic N) is 1. The molecule has 1 unspecified atom stereocenters. The maximum absolute atomic E-state index is 4.27. The minimum atomic E-state index is 0. The van der Waals surface area contributed by atoms with E-state index in [9.17, 15) is 0 Å². The van der Waals surface area contributed by atoms with Crippen LogP contribution in [0.25, 0.3) is 0 Å². The predicted molar refractivity (Wildman–Crippen MR) is 117 cm³/mol. The van der Waals surface area contributed by atoms with Crippen LogP contribution in [0.2, 0.25) is 0 Å². The van der Waals surface area contributed by atoms with Crippen LogP contribution in [-0.2, 0) is 0 Å². The number of thiophene rings is 1. The molecule has 0 radical (unpaired) electrons. The van der Waals surface area contributed by atoms with E-state index in [1.807, 2.05) is 25.2 Å². The fourth-order valence-electron chi connectivity index (χ4n) is 2.23. The largest absolute Gasteiger partial charge is 0.385 e. The molecule has 0 fully saturated rings. The number of guanidine groups is 1. The molecule has 0 amide bonds. The van der Waals surface area contributed by atoms with E-state index >= 15 is 0 Å². The highest BCUT2D eigenvalue weighted by Gasteiger charge is 2.06. The van der Waals surface area contributed by atoms with E-state index in [4.69, 9.17) is 0 Å². The molecule has 6 heteroatoms. The molecule has 0 spiro atoms. The van der Waals surface area contributed by atoms with Crippen molar-refractivity contribution in [3.63, 3.8) is 0 Å². The van der Waals surface area contributed by atoms with Crippen molar-refractivity contribution in [1.82, 2.24) is 10.6 Å². The third-order valence-electron chi connectivity index (χ3n) is 3.66. The maximum Gasteiger partial charge on any atom is 0.190 e. The van der Waals surface area contributed by atoms with Crippen LogP contribution < -0.4 is 16.0 Å². The first-order valence-corrected chi connectivity index (χ1v) is 8.99. The van der Waals surface area contributed by atoms with E-state index in [0.717, 1.165) is 32.0 Å². The van der Waals surface area contributed by atoms with Crippen molar-refractivity contribution in [3.05, 3.63) is 52.7 Å². The summed E-state index contributed by atoms with van der Waals surface area (Å²) in [5.74, 6) is 1.35. The van der Waals surface area contributed by atoms with Gasteiger partial charge in [-0.05, 0) is 46.9 Å². The number of hydrogen-bond acceptors (Lipinski definition) is 3. The number of nitrogens with one attached hydrogen (secondary N) is 3. The Hall–Kier alpha value is -1.28. The van der Waals surface area contributed by atoms with Crippen LogP contribution in [0, 0.1) is 0 Å². The van der Waals surface area contributed by atoms with Gasteiger partial charge in [-0.3, -0.25) is 4.99 Å². The van der Waals surface area contributed by atoms with Gasteiger partial charge in [0.1, 0.15) is 0 Å². The Bertz CT molecular complexity index is 572. The van der Waals surface area contributed by atoms with Gasteiger partial charge in [0, 0.05) is 32.4 Å². The molecule has 2 rings (SSSR count). The smallest absolute Gasteiger partial charge is 0.190 e. The summed E-state index contributed by atoms with van der Waals surface area (Å²) in [5, 5.41) is 14.5. The average molecular weight is 458 g/mol. The molecule has 0 bridgehead atoms. The van der Waals surface area contributed by atoms with Crippen LogP contribution in [0.3, 0.4) is 0 Å². The lowest BCUT2D eigenvalue weighted by atomic mass is 10.1. The zero-order valence-electron chi connectivity index (χ0n) is 14.3. The van der Waals surface area contributed by atoms with Crippen LogP contribution in [0.1, 0.15) is 24.8 Å². The number of para-hydroxylation sites is 1. The lowest BCUT2D eigenvalue weighted by Gasteiger charge is -2.15. The maximum atomic E-state index is 4.27. The van der Waals surface area contributed by atoms with Crippen molar-refractivity contribution in [2.24, 2.45) is 4.99 Å². The lowest BCUT2D eigenvalue weighted by molar-refractivity contribution is 0.694. The van der Waals surface area contributed by atoms with Gasteiger partial charge in [0.25, 0.3) is 0 Å². The first-order chi connectivity index (χ1) is 11.3. The third-order valence-corrected chi connectivity index (χ3v) is 4.36. The van der Waals surface area contributed by atoms with Crippen molar-refractivity contribution in [2.75, 3.05) is 32.0 Å². The molecule has 4 nitrogen and oxygen atoms in total. The molecule has 1 heterocycles. The molecule has 0 aliphatic heterocycles. The second kappa shape index (κ2) is 12.1. The summed E-state index contributed by atoms with van der Waals surface area (Å²) in [5.41, 5.74) is 2.55. The minimum absolute atomic E-state index is 0. The van der Waals surface area contributed by atoms with Crippen molar-refractivity contribution in [3.8, 4) is 0 Å². The third kappa shape index (κ3) is 7.53. The summed E-state index contributed by atoms with van der Waals surface area (Å²) in [6.07, 6.45) is 1.04. The number of hydrogen-bond donors (Lipinski definition) is 3. The van der Waals surface area contributed by atoms with Gasteiger partial charge in [0.2, 0.25) is 0 Å². The topological polar surface area (TPSA) is 48.5 Å². The molecule has 1 atom stereocenters. The quantitative estimate of drug-likeness (QED) is 0.241. The molecule has 24 heavy (non-hydrogen) atoms. The molecule has 1 aromatic carbocycles. The van der Waals surface area contributed by atoms with Gasteiger partial charge in [0.05, 0.1) is 0 Å². The lowest BCUT2D eigenvalue weighted by Crippen LogP contribution is -2.39. The Balaban J connectivity index is 0.00000288. The van der Waals surface area contributed by atoms with Crippen LogP contribution in [0.15, 0.2) is 52.2 Å². The summed E-state index contributed by atoms with van der Waals surface area (Å²) in [4.78, 5) is 4.27. The molecule has 3 N–H and O–H groups in total. The second-order valence-corrected chi connectivity index (χ2v) is 6.26. The van der Waals surface area contributed by atoms with Gasteiger partial charge in [0.15, 0.2) is 5.96 Å².